The molecular formula is C8H7FN2O4. The number of aromatic hydroxyl groups is 1. The van der Waals surface area contributed by atoms with Crippen molar-refractivity contribution in [1.82, 2.24) is 0 Å². The molecule has 0 heterocycles. The van der Waals surface area contributed by atoms with Crippen LogP contribution in [0.3, 0.4) is 0 Å². The fourth-order valence-corrected chi connectivity index (χ4v) is 1.01. The van der Waals surface area contributed by atoms with Gasteiger partial charge < -0.3 is 10.8 Å². The fourth-order valence-electron chi connectivity index (χ4n) is 1.01. The van der Waals surface area contributed by atoms with E-state index in [1.54, 1.807) is 0 Å². The summed E-state index contributed by atoms with van der Waals surface area (Å²) in [6.07, 6.45) is 0. The van der Waals surface area contributed by atoms with Crippen molar-refractivity contribution in [1.29, 1.82) is 0 Å². The van der Waals surface area contributed by atoms with Gasteiger partial charge in [0.25, 0.3) is 5.69 Å². The van der Waals surface area contributed by atoms with Gasteiger partial charge in [0.15, 0.2) is 17.3 Å². The average molecular weight is 214 g/mol. The van der Waals surface area contributed by atoms with Crippen LogP contribution in [0.15, 0.2) is 12.1 Å². The van der Waals surface area contributed by atoms with Gasteiger partial charge in [-0.2, -0.15) is 0 Å². The zero-order valence-electron chi connectivity index (χ0n) is 7.44. The molecule has 80 valence electrons. The maximum Gasteiger partial charge on any atom is 0.273 e. The quantitative estimate of drug-likeness (QED) is 0.434. The number of Topliss-reactive ketones (excluding diaryl/α,β-unsaturated/α-hetero) is 1. The predicted molar refractivity (Wildman–Crippen MR) is 48.1 cm³/mol. The summed E-state index contributed by atoms with van der Waals surface area (Å²) in [7, 11) is 0. The third-order valence-corrected chi connectivity index (χ3v) is 1.74. The lowest BCUT2D eigenvalue weighted by Crippen LogP contribution is -2.14. The Balaban J connectivity index is 3.37. The number of nitro groups is 1. The largest absolute Gasteiger partial charge is 0.504 e. The van der Waals surface area contributed by atoms with E-state index in [0.29, 0.717) is 6.07 Å². The molecule has 0 aliphatic heterocycles. The molecule has 0 radical (unpaired) electrons. The molecule has 0 aromatic heterocycles. The lowest BCUT2D eigenvalue weighted by molar-refractivity contribution is -0.385. The van der Waals surface area contributed by atoms with Crippen molar-refractivity contribution in [2.75, 3.05) is 6.54 Å². The van der Waals surface area contributed by atoms with Crippen molar-refractivity contribution in [3.8, 4) is 5.75 Å². The van der Waals surface area contributed by atoms with Crippen molar-refractivity contribution >= 4 is 11.5 Å². The number of carbonyl (C=O) groups is 1. The van der Waals surface area contributed by atoms with E-state index in [9.17, 15) is 19.3 Å². The summed E-state index contributed by atoms with van der Waals surface area (Å²) in [4.78, 5) is 20.6. The minimum atomic E-state index is -1.22. The maximum atomic E-state index is 12.9. The van der Waals surface area contributed by atoms with Crippen molar-refractivity contribution in [2.45, 2.75) is 0 Å². The summed E-state index contributed by atoms with van der Waals surface area (Å²) in [6.45, 7) is -0.464. The van der Waals surface area contributed by atoms with Crippen molar-refractivity contribution < 1.29 is 19.2 Å². The Bertz CT molecular complexity index is 433. The maximum absolute atomic E-state index is 12.9. The molecule has 6 nitrogen and oxygen atoms in total. The number of carbonyl (C=O) groups excluding carboxylic acids is 1. The second kappa shape index (κ2) is 4.01. The predicted octanol–water partition coefficient (Wildman–Crippen LogP) is 0.581. The number of nitro benzene ring substituents is 1. The lowest BCUT2D eigenvalue weighted by Gasteiger charge is -2.02. The molecule has 0 saturated carbocycles. The van der Waals surface area contributed by atoms with E-state index in [1.165, 1.54) is 0 Å². The number of rotatable bonds is 3. The standard InChI is InChI=1S/C8H7FN2O4/c9-6-2-4(11(14)15)1-5(8(6)13)7(12)3-10/h1-2,13H,3,10H2. The van der Waals surface area contributed by atoms with E-state index in [4.69, 9.17) is 10.8 Å². The smallest absolute Gasteiger partial charge is 0.273 e. The zero-order chi connectivity index (χ0) is 11.6. The first-order chi connectivity index (χ1) is 6.97. The van der Waals surface area contributed by atoms with Crippen LogP contribution in [0, 0.1) is 15.9 Å². The van der Waals surface area contributed by atoms with Gasteiger partial charge in [0.05, 0.1) is 23.1 Å². The molecular weight excluding hydrogens is 207 g/mol. The second-order valence-electron chi connectivity index (χ2n) is 2.71. The van der Waals surface area contributed by atoms with Crippen molar-refractivity contribution in [3.63, 3.8) is 0 Å². The minimum Gasteiger partial charge on any atom is -0.504 e. The van der Waals surface area contributed by atoms with E-state index in [0.717, 1.165) is 6.07 Å². The van der Waals surface area contributed by atoms with Gasteiger partial charge in [-0.25, -0.2) is 4.39 Å². The molecule has 7 heteroatoms. The summed E-state index contributed by atoms with van der Waals surface area (Å²) < 4.78 is 12.9. The van der Waals surface area contributed by atoms with Crippen LogP contribution >= 0.6 is 0 Å². The van der Waals surface area contributed by atoms with Crippen LogP contribution in [0.1, 0.15) is 10.4 Å². The monoisotopic (exact) mass is 214 g/mol. The van der Waals surface area contributed by atoms with Crippen LogP contribution in [-0.2, 0) is 0 Å². The number of halogens is 1. The van der Waals surface area contributed by atoms with Gasteiger partial charge in [0, 0.05) is 6.07 Å². The molecule has 3 N–H and O–H groups in total. The van der Waals surface area contributed by atoms with Crippen LogP contribution in [0.5, 0.6) is 5.75 Å². The van der Waals surface area contributed by atoms with Crippen LogP contribution < -0.4 is 5.73 Å². The summed E-state index contributed by atoms with van der Waals surface area (Å²) in [5.41, 5.74) is 3.90. The first-order valence-corrected chi connectivity index (χ1v) is 3.87. The highest BCUT2D eigenvalue weighted by atomic mass is 19.1. The Morgan fingerprint density at radius 1 is 1.60 bits per heavy atom. The first-order valence-electron chi connectivity index (χ1n) is 3.87. The van der Waals surface area contributed by atoms with Crippen LogP contribution in [-0.4, -0.2) is 22.4 Å². The number of hydrogen-bond donors (Lipinski definition) is 2. The topological polar surface area (TPSA) is 106 Å². The Hall–Kier alpha value is -2.02. The Kier molecular flexibility index (Phi) is 2.96. The van der Waals surface area contributed by atoms with Crippen LogP contribution in [0.4, 0.5) is 10.1 Å². The van der Waals surface area contributed by atoms with Crippen LogP contribution in [0.25, 0.3) is 0 Å². The van der Waals surface area contributed by atoms with Gasteiger partial charge in [0.1, 0.15) is 0 Å². The highest BCUT2D eigenvalue weighted by Gasteiger charge is 2.19. The zero-order valence-corrected chi connectivity index (χ0v) is 7.44. The molecule has 1 rings (SSSR count). The number of non-ortho nitro benzene ring substituents is 1. The van der Waals surface area contributed by atoms with Gasteiger partial charge in [-0.3, -0.25) is 14.9 Å². The van der Waals surface area contributed by atoms with E-state index >= 15 is 0 Å². The number of nitrogens with zero attached hydrogens (tertiary/aromatic N) is 1. The van der Waals surface area contributed by atoms with Gasteiger partial charge in [-0.15, -0.1) is 0 Å². The normalized spacial score (nSPS) is 10.0. The van der Waals surface area contributed by atoms with Gasteiger partial charge >= 0.3 is 0 Å². The molecule has 0 aliphatic rings. The number of nitrogens with two attached hydrogens (primary N) is 1. The lowest BCUT2D eigenvalue weighted by atomic mass is 10.1. The van der Waals surface area contributed by atoms with E-state index in [-0.39, 0.29) is 0 Å². The van der Waals surface area contributed by atoms with Gasteiger partial charge in [0.2, 0.25) is 0 Å². The Morgan fingerprint density at radius 3 is 2.67 bits per heavy atom. The molecule has 0 bridgehead atoms. The van der Waals surface area contributed by atoms with E-state index < -0.39 is 40.1 Å². The highest BCUT2D eigenvalue weighted by molar-refractivity contribution is 6.00. The van der Waals surface area contributed by atoms with Crippen LogP contribution in [0.2, 0.25) is 0 Å². The summed E-state index contributed by atoms with van der Waals surface area (Å²) in [5, 5.41) is 19.5. The fraction of sp³-hybridized carbons (Fsp3) is 0.125. The Morgan fingerprint density at radius 2 is 2.20 bits per heavy atom. The molecule has 0 aliphatic carbocycles. The molecule has 15 heavy (non-hydrogen) atoms. The summed E-state index contributed by atoms with van der Waals surface area (Å²) >= 11 is 0. The number of phenolic OH excluding ortho intramolecular Hbond substituents is 1. The molecule has 0 spiro atoms. The molecule has 0 unspecified atom stereocenters. The summed E-state index contributed by atoms with van der Waals surface area (Å²) in [6, 6.07) is 1.32. The third kappa shape index (κ3) is 2.08. The number of ketones is 1. The third-order valence-electron chi connectivity index (χ3n) is 1.74. The van der Waals surface area contributed by atoms with E-state index in [2.05, 4.69) is 0 Å². The molecule has 0 fully saturated rings. The van der Waals surface area contributed by atoms with Gasteiger partial charge in [-0.05, 0) is 0 Å². The first kappa shape index (κ1) is 11.1. The van der Waals surface area contributed by atoms with Crippen molar-refractivity contribution in [2.24, 2.45) is 5.73 Å². The minimum absolute atomic E-state index is 0.464. The molecule has 0 atom stereocenters. The molecule has 0 saturated heterocycles. The number of phenols is 1. The Labute approximate surface area is 83.3 Å². The van der Waals surface area contributed by atoms with E-state index in [1.807, 2.05) is 0 Å². The molecule has 0 amide bonds. The molecule has 1 aromatic rings. The highest BCUT2D eigenvalue weighted by Crippen LogP contribution is 2.27. The van der Waals surface area contributed by atoms with Crippen molar-refractivity contribution in [3.05, 3.63) is 33.6 Å². The average Bonchev–Trinajstić information content (AvgIpc) is 2.20. The SMILES string of the molecule is NCC(=O)c1cc([N+](=O)[O-])cc(F)c1O. The second-order valence-corrected chi connectivity index (χ2v) is 2.71. The molecule has 1 aromatic carbocycles. The van der Waals surface area contributed by atoms with Gasteiger partial charge in [-0.1, -0.05) is 0 Å². The number of hydrogen-bond acceptors (Lipinski definition) is 5. The number of benzene rings is 1. The summed E-state index contributed by atoms with van der Waals surface area (Å²) in [5.74, 6) is -2.91.